The van der Waals surface area contributed by atoms with E-state index in [2.05, 4.69) is 5.10 Å². The van der Waals surface area contributed by atoms with Gasteiger partial charge in [-0.2, -0.15) is 10.1 Å². The first-order valence-electron chi connectivity index (χ1n) is 7.52. The molecule has 5 nitrogen and oxygen atoms in total. The number of phenolic OH excluding ortho intramolecular Hbond substituents is 1. The van der Waals surface area contributed by atoms with Gasteiger partial charge in [-0.1, -0.05) is 42.5 Å². The van der Waals surface area contributed by atoms with E-state index in [9.17, 15) is 14.7 Å². The van der Waals surface area contributed by atoms with E-state index in [0.717, 1.165) is 10.6 Å². The van der Waals surface area contributed by atoms with Crippen molar-refractivity contribution in [3.63, 3.8) is 0 Å². The van der Waals surface area contributed by atoms with Crippen LogP contribution in [-0.4, -0.2) is 27.6 Å². The molecule has 120 valence electrons. The number of hydrazone groups is 1. The number of hydrogen-bond donors (Lipinski definition) is 1. The van der Waals surface area contributed by atoms with Gasteiger partial charge < -0.3 is 5.11 Å². The zero-order chi connectivity index (χ0) is 17.1. The smallest absolute Gasteiger partial charge is 0.283 e. The maximum Gasteiger partial charge on any atom is 0.283 e. The van der Waals surface area contributed by atoms with Gasteiger partial charge in [-0.3, -0.25) is 9.59 Å². The number of carbonyl (C=O) groups is 2. The van der Waals surface area contributed by atoms with Gasteiger partial charge >= 0.3 is 0 Å². The number of carbonyl (C=O) groups excluding carboxylic acids is 2. The topological polar surface area (TPSA) is 70.0 Å². The van der Waals surface area contributed by atoms with Gasteiger partial charge in [0, 0.05) is 0 Å². The van der Waals surface area contributed by atoms with Crippen molar-refractivity contribution in [3.8, 4) is 5.75 Å². The minimum Gasteiger partial charge on any atom is -0.508 e. The van der Waals surface area contributed by atoms with E-state index in [0.29, 0.717) is 16.8 Å². The van der Waals surface area contributed by atoms with Crippen molar-refractivity contribution in [1.29, 1.82) is 0 Å². The number of benzene rings is 2. The van der Waals surface area contributed by atoms with Gasteiger partial charge in [-0.25, -0.2) is 0 Å². The van der Waals surface area contributed by atoms with Gasteiger partial charge in [0.2, 0.25) is 0 Å². The molecule has 1 heterocycles. The molecule has 2 aromatic rings. The van der Waals surface area contributed by atoms with Crippen molar-refractivity contribution in [2.45, 2.75) is 13.3 Å². The summed E-state index contributed by atoms with van der Waals surface area (Å²) in [6.07, 6.45) is 1.74. The van der Waals surface area contributed by atoms with Crippen LogP contribution in [0.5, 0.6) is 5.75 Å². The van der Waals surface area contributed by atoms with E-state index in [4.69, 9.17) is 0 Å². The number of aromatic hydroxyl groups is 1. The standard InChI is InChI=1S/C19H16N2O3/c1-13-17(11-15-8-5-9-16(22)10-15)19(24)21(20-13)18(23)12-14-6-3-2-4-7-14/h2-11,22H,12H2,1H3. The zero-order valence-corrected chi connectivity index (χ0v) is 13.1. The highest BCUT2D eigenvalue weighted by Crippen LogP contribution is 2.21. The van der Waals surface area contributed by atoms with Gasteiger partial charge in [0.05, 0.1) is 17.7 Å². The molecule has 1 aliphatic rings. The summed E-state index contributed by atoms with van der Waals surface area (Å²) in [4.78, 5) is 24.9. The van der Waals surface area contributed by atoms with E-state index in [1.807, 2.05) is 30.3 Å². The van der Waals surface area contributed by atoms with Crippen LogP contribution >= 0.6 is 0 Å². The van der Waals surface area contributed by atoms with Crippen LogP contribution in [0.4, 0.5) is 0 Å². The van der Waals surface area contributed by atoms with Crippen molar-refractivity contribution in [2.24, 2.45) is 5.10 Å². The first-order valence-corrected chi connectivity index (χ1v) is 7.52. The Morgan fingerprint density at radius 2 is 1.92 bits per heavy atom. The third-order valence-corrected chi connectivity index (χ3v) is 3.68. The third kappa shape index (κ3) is 3.25. The van der Waals surface area contributed by atoms with E-state index >= 15 is 0 Å². The Kier molecular flexibility index (Phi) is 4.24. The summed E-state index contributed by atoms with van der Waals surface area (Å²) in [5.74, 6) is -0.706. The maximum absolute atomic E-state index is 12.5. The molecule has 2 aromatic carbocycles. The molecular formula is C19H16N2O3. The fourth-order valence-corrected chi connectivity index (χ4v) is 2.48. The van der Waals surface area contributed by atoms with Gasteiger partial charge in [0.25, 0.3) is 11.8 Å². The number of rotatable bonds is 3. The van der Waals surface area contributed by atoms with Crippen molar-refractivity contribution >= 4 is 23.6 Å². The fraction of sp³-hybridized carbons (Fsp3) is 0.105. The zero-order valence-electron chi connectivity index (χ0n) is 13.1. The van der Waals surface area contributed by atoms with Crippen LogP contribution < -0.4 is 0 Å². The number of imide groups is 1. The molecule has 0 fully saturated rings. The van der Waals surface area contributed by atoms with E-state index in [1.54, 1.807) is 37.3 Å². The largest absolute Gasteiger partial charge is 0.508 e. The Hall–Kier alpha value is -3.21. The second-order valence-corrected chi connectivity index (χ2v) is 5.51. The van der Waals surface area contributed by atoms with Crippen molar-refractivity contribution in [2.75, 3.05) is 0 Å². The lowest BCUT2D eigenvalue weighted by atomic mass is 10.1. The molecule has 24 heavy (non-hydrogen) atoms. The van der Waals surface area contributed by atoms with Gasteiger partial charge in [-0.15, -0.1) is 0 Å². The Balaban J connectivity index is 1.81. The molecule has 0 unspecified atom stereocenters. The summed E-state index contributed by atoms with van der Waals surface area (Å²) >= 11 is 0. The van der Waals surface area contributed by atoms with E-state index < -0.39 is 5.91 Å². The molecule has 0 saturated heterocycles. The van der Waals surface area contributed by atoms with Crippen LogP contribution in [0.3, 0.4) is 0 Å². The lowest BCUT2D eigenvalue weighted by Gasteiger charge is -2.09. The number of nitrogens with zero attached hydrogens (tertiary/aromatic N) is 2. The second kappa shape index (κ2) is 6.50. The van der Waals surface area contributed by atoms with Crippen LogP contribution in [0.2, 0.25) is 0 Å². The molecule has 0 spiro atoms. The molecule has 5 heteroatoms. The van der Waals surface area contributed by atoms with Crippen molar-refractivity contribution in [1.82, 2.24) is 5.01 Å². The van der Waals surface area contributed by atoms with Crippen molar-refractivity contribution < 1.29 is 14.7 Å². The predicted molar refractivity (Wildman–Crippen MR) is 91.2 cm³/mol. The van der Waals surface area contributed by atoms with Crippen LogP contribution in [0, 0.1) is 0 Å². The Labute approximate surface area is 139 Å². The van der Waals surface area contributed by atoms with Crippen LogP contribution in [0.1, 0.15) is 18.1 Å². The highest BCUT2D eigenvalue weighted by Gasteiger charge is 2.32. The van der Waals surface area contributed by atoms with E-state index in [-0.39, 0.29) is 18.1 Å². The Morgan fingerprint density at radius 1 is 1.17 bits per heavy atom. The summed E-state index contributed by atoms with van der Waals surface area (Å²) in [6, 6.07) is 15.8. The molecule has 0 atom stereocenters. The number of hydrogen-bond acceptors (Lipinski definition) is 4. The molecule has 3 rings (SSSR count). The molecule has 0 saturated carbocycles. The number of amides is 2. The first-order chi connectivity index (χ1) is 11.5. The Bertz CT molecular complexity index is 854. The highest BCUT2D eigenvalue weighted by molar-refractivity contribution is 6.29. The molecule has 2 amide bonds. The molecule has 1 N–H and O–H groups in total. The normalized spacial score (nSPS) is 15.7. The lowest BCUT2D eigenvalue weighted by molar-refractivity contribution is -0.141. The molecule has 0 aromatic heterocycles. The Morgan fingerprint density at radius 3 is 2.62 bits per heavy atom. The maximum atomic E-state index is 12.5. The molecule has 0 radical (unpaired) electrons. The average Bonchev–Trinajstić information content (AvgIpc) is 2.84. The number of phenols is 1. The highest BCUT2D eigenvalue weighted by atomic mass is 16.3. The molecule has 0 bridgehead atoms. The third-order valence-electron chi connectivity index (χ3n) is 3.68. The lowest BCUT2D eigenvalue weighted by Crippen LogP contribution is -2.30. The van der Waals surface area contributed by atoms with Crippen molar-refractivity contribution in [3.05, 3.63) is 71.3 Å². The minimum absolute atomic E-state index is 0.112. The van der Waals surface area contributed by atoms with Gasteiger partial charge in [0.1, 0.15) is 5.75 Å². The SMILES string of the molecule is CC1=NN(C(=O)Cc2ccccc2)C(=O)C1=Cc1cccc(O)c1. The summed E-state index contributed by atoms with van der Waals surface area (Å²) in [7, 11) is 0. The summed E-state index contributed by atoms with van der Waals surface area (Å²) in [5.41, 5.74) is 2.32. The van der Waals surface area contributed by atoms with Crippen LogP contribution in [0.25, 0.3) is 6.08 Å². The molecular weight excluding hydrogens is 304 g/mol. The van der Waals surface area contributed by atoms with Crippen LogP contribution in [-0.2, 0) is 16.0 Å². The summed E-state index contributed by atoms with van der Waals surface area (Å²) in [5, 5.41) is 14.5. The average molecular weight is 320 g/mol. The monoisotopic (exact) mass is 320 g/mol. The van der Waals surface area contributed by atoms with Crippen LogP contribution in [0.15, 0.2) is 65.3 Å². The molecule has 1 aliphatic heterocycles. The summed E-state index contributed by atoms with van der Waals surface area (Å²) in [6.45, 7) is 1.68. The quantitative estimate of drug-likeness (QED) is 0.884. The van der Waals surface area contributed by atoms with Gasteiger partial charge in [-0.05, 0) is 36.3 Å². The van der Waals surface area contributed by atoms with E-state index in [1.165, 1.54) is 0 Å². The molecule has 0 aliphatic carbocycles. The first kappa shape index (κ1) is 15.7. The second-order valence-electron chi connectivity index (χ2n) is 5.51. The fourth-order valence-electron chi connectivity index (χ4n) is 2.48. The summed E-state index contributed by atoms with van der Waals surface area (Å²) < 4.78 is 0. The minimum atomic E-state index is -0.447. The predicted octanol–water partition coefficient (Wildman–Crippen LogP) is 2.76. The van der Waals surface area contributed by atoms with Gasteiger partial charge in [0.15, 0.2) is 0 Å².